The molecule has 0 aromatic heterocycles. The standard InChI is InChI=1S/C17H28N2O/c1-16(2)10-5-6-11-17(16,13-18)19(3)14-8-7-9-15(12-14)20-4/h7-9,12H,5-6,10-11,13,18H2,1-4H3. The number of hydrogen-bond acceptors (Lipinski definition) is 3. The molecule has 0 aliphatic heterocycles. The van der Waals surface area contributed by atoms with Crippen molar-refractivity contribution in [2.75, 3.05) is 25.6 Å². The van der Waals surface area contributed by atoms with Crippen LogP contribution in [-0.2, 0) is 0 Å². The summed E-state index contributed by atoms with van der Waals surface area (Å²) in [6, 6.07) is 8.27. The van der Waals surface area contributed by atoms with Crippen molar-refractivity contribution in [1.29, 1.82) is 0 Å². The molecule has 1 aromatic carbocycles. The first-order valence-electron chi connectivity index (χ1n) is 7.55. The number of nitrogens with two attached hydrogens (primary N) is 1. The van der Waals surface area contributed by atoms with Gasteiger partial charge in [0.15, 0.2) is 0 Å². The van der Waals surface area contributed by atoms with Crippen LogP contribution in [0.3, 0.4) is 0 Å². The Labute approximate surface area is 123 Å². The Morgan fingerprint density at radius 3 is 2.55 bits per heavy atom. The van der Waals surface area contributed by atoms with E-state index >= 15 is 0 Å². The first-order chi connectivity index (χ1) is 9.47. The van der Waals surface area contributed by atoms with E-state index in [0.717, 1.165) is 12.2 Å². The number of benzene rings is 1. The zero-order valence-corrected chi connectivity index (χ0v) is 13.3. The van der Waals surface area contributed by atoms with Gasteiger partial charge in [0.1, 0.15) is 5.75 Å². The van der Waals surface area contributed by atoms with E-state index in [0.29, 0.717) is 6.54 Å². The van der Waals surface area contributed by atoms with E-state index < -0.39 is 0 Å². The summed E-state index contributed by atoms with van der Waals surface area (Å²) < 4.78 is 5.35. The van der Waals surface area contributed by atoms with Crippen molar-refractivity contribution in [3.8, 4) is 5.75 Å². The third kappa shape index (κ3) is 2.39. The van der Waals surface area contributed by atoms with Crippen LogP contribution in [0.15, 0.2) is 24.3 Å². The molecule has 2 N–H and O–H groups in total. The normalized spacial score (nSPS) is 25.2. The second-order valence-corrected chi connectivity index (χ2v) is 6.59. The van der Waals surface area contributed by atoms with Crippen LogP contribution in [0, 0.1) is 5.41 Å². The van der Waals surface area contributed by atoms with Crippen molar-refractivity contribution in [2.45, 2.75) is 45.1 Å². The van der Waals surface area contributed by atoms with Crippen molar-refractivity contribution in [1.82, 2.24) is 0 Å². The molecule has 1 atom stereocenters. The summed E-state index contributed by atoms with van der Waals surface area (Å²) in [6.45, 7) is 5.40. The molecule has 1 saturated carbocycles. The Balaban J connectivity index is 2.39. The molecule has 112 valence electrons. The van der Waals surface area contributed by atoms with Gasteiger partial charge in [-0.3, -0.25) is 0 Å². The van der Waals surface area contributed by atoms with Gasteiger partial charge in [-0.05, 0) is 30.4 Å². The van der Waals surface area contributed by atoms with E-state index in [1.54, 1.807) is 7.11 Å². The van der Waals surface area contributed by atoms with Crippen molar-refractivity contribution in [2.24, 2.45) is 11.1 Å². The van der Waals surface area contributed by atoms with E-state index in [4.69, 9.17) is 10.5 Å². The van der Waals surface area contributed by atoms with E-state index in [-0.39, 0.29) is 11.0 Å². The van der Waals surface area contributed by atoms with Gasteiger partial charge in [-0.2, -0.15) is 0 Å². The fraction of sp³-hybridized carbons (Fsp3) is 0.647. The molecule has 0 saturated heterocycles. The number of anilines is 1. The number of rotatable bonds is 4. The topological polar surface area (TPSA) is 38.5 Å². The predicted molar refractivity (Wildman–Crippen MR) is 85.4 cm³/mol. The van der Waals surface area contributed by atoms with E-state index in [1.807, 2.05) is 12.1 Å². The van der Waals surface area contributed by atoms with Crippen molar-refractivity contribution in [3.05, 3.63) is 24.3 Å². The van der Waals surface area contributed by atoms with Gasteiger partial charge in [-0.1, -0.05) is 32.8 Å². The summed E-state index contributed by atoms with van der Waals surface area (Å²) in [7, 11) is 3.89. The van der Waals surface area contributed by atoms with Gasteiger partial charge in [-0.25, -0.2) is 0 Å². The average molecular weight is 276 g/mol. The van der Waals surface area contributed by atoms with E-state index in [2.05, 4.69) is 37.9 Å². The van der Waals surface area contributed by atoms with Gasteiger partial charge in [-0.15, -0.1) is 0 Å². The zero-order valence-electron chi connectivity index (χ0n) is 13.3. The highest BCUT2D eigenvalue weighted by atomic mass is 16.5. The molecule has 0 heterocycles. The number of methoxy groups -OCH3 is 1. The van der Waals surface area contributed by atoms with E-state index in [1.165, 1.54) is 24.9 Å². The van der Waals surface area contributed by atoms with Gasteiger partial charge in [0.2, 0.25) is 0 Å². The second-order valence-electron chi connectivity index (χ2n) is 6.59. The lowest BCUT2D eigenvalue weighted by Gasteiger charge is -2.55. The lowest BCUT2D eigenvalue weighted by Crippen LogP contribution is -2.63. The minimum Gasteiger partial charge on any atom is -0.497 e. The summed E-state index contributed by atoms with van der Waals surface area (Å²) in [5.74, 6) is 0.898. The van der Waals surface area contributed by atoms with Crippen LogP contribution >= 0.6 is 0 Å². The highest BCUT2D eigenvalue weighted by Gasteiger charge is 2.48. The molecule has 1 unspecified atom stereocenters. The molecule has 20 heavy (non-hydrogen) atoms. The Kier molecular flexibility index (Phi) is 4.28. The fourth-order valence-corrected chi connectivity index (χ4v) is 3.76. The van der Waals surface area contributed by atoms with Crippen LogP contribution in [0.1, 0.15) is 39.5 Å². The largest absolute Gasteiger partial charge is 0.497 e. The van der Waals surface area contributed by atoms with Crippen LogP contribution in [0.25, 0.3) is 0 Å². The highest BCUT2D eigenvalue weighted by molar-refractivity contribution is 5.53. The Morgan fingerprint density at radius 1 is 1.25 bits per heavy atom. The van der Waals surface area contributed by atoms with Crippen LogP contribution in [0.4, 0.5) is 5.69 Å². The minimum atomic E-state index is 0.0254. The molecular weight excluding hydrogens is 248 g/mol. The molecule has 1 aliphatic rings. The van der Waals surface area contributed by atoms with Gasteiger partial charge in [0.05, 0.1) is 12.6 Å². The zero-order chi connectivity index (χ0) is 14.8. The Morgan fingerprint density at radius 2 is 1.95 bits per heavy atom. The quantitative estimate of drug-likeness (QED) is 0.915. The maximum absolute atomic E-state index is 6.25. The lowest BCUT2D eigenvalue weighted by atomic mass is 9.62. The third-order valence-corrected chi connectivity index (χ3v) is 5.32. The monoisotopic (exact) mass is 276 g/mol. The predicted octanol–water partition coefficient (Wildman–Crippen LogP) is 3.43. The number of nitrogens with zero attached hydrogens (tertiary/aromatic N) is 1. The Bertz CT molecular complexity index is 458. The number of ether oxygens (including phenoxy) is 1. The molecule has 3 heteroatoms. The summed E-state index contributed by atoms with van der Waals surface area (Å²) >= 11 is 0. The molecule has 1 aliphatic carbocycles. The summed E-state index contributed by atoms with van der Waals surface area (Å²) in [5, 5.41) is 0. The molecule has 0 amide bonds. The van der Waals surface area contributed by atoms with Gasteiger partial charge in [0.25, 0.3) is 0 Å². The smallest absolute Gasteiger partial charge is 0.120 e. The number of likely N-dealkylation sites (N-methyl/N-ethyl adjacent to an activating group) is 1. The van der Waals surface area contributed by atoms with Crippen molar-refractivity contribution < 1.29 is 4.74 Å². The highest BCUT2D eigenvalue weighted by Crippen LogP contribution is 2.48. The van der Waals surface area contributed by atoms with Crippen LogP contribution < -0.4 is 15.4 Å². The molecule has 3 nitrogen and oxygen atoms in total. The van der Waals surface area contributed by atoms with Gasteiger partial charge >= 0.3 is 0 Å². The first kappa shape index (κ1) is 15.2. The van der Waals surface area contributed by atoms with E-state index in [9.17, 15) is 0 Å². The Hall–Kier alpha value is -1.22. The summed E-state index contributed by atoms with van der Waals surface area (Å²) in [5.41, 5.74) is 7.68. The van der Waals surface area contributed by atoms with Crippen molar-refractivity contribution >= 4 is 5.69 Å². The van der Waals surface area contributed by atoms with Gasteiger partial charge < -0.3 is 15.4 Å². The first-order valence-corrected chi connectivity index (χ1v) is 7.55. The third-order valence-electron chi connectivity index (χ3n) is 5.32. The second kappa shape index (κ2) is 5.65. The van der Waals surface area contributed by atoms with Crippen LogP contribution in [-0.4, -0.2) is 26.2 Å². The van der Waals surface area contributed by atoms with Crippen LogP contribution in [0.2, 0.25) is 0 Å². The van der Waals surface area contributed by atoms with Crippen LogP contribution in [0.5, 0.6) is 5.75 Å². The summed E-state index contributed by atoms with van der Waals surface area (Å²) in [4.78, 5) is 2.38. The molecule has 2 rings (SSSR count). The van der Waals surface area contributed by atoms with Crippen molar-refractivity contribution in [3.63, 3.8) is 0 Å². The summed E-state index contributed by atoms with van der Waals surface area (Å²) in [6.07, 6.45) is 4.96. The molecular formula is C17H28N2O. The van der Waals surface area contributed by atoms with Gasteiger partial charge in [0, 0.05) is 25.3 Å². The molecule has 1 aromatic rings. The maximum Gasteiger partial charge on any atom is 0.120 e. The molecule has 1 fully saturated rings. The molecule has 0 spiro atoms. The maximum atomic E-state index is 6.25. The minimum absolute atomic E-state index is 0.0254. The molecule has 0 bridgehead atoms. The fourth-order valence-electron chi connectivity index (χ4n) is 3.76. The average Bonchev–Trinajstić information content (AvgIpc) is 2.46. The SMILES string of the molecule is COc1cccc(N(C)C2(CN)CCCCC2(C)C)c1. The molecule has 0 radical (unpaired) electrons. The number of hydrogen-bond donors (Lipinski definition) is 1. The lowest BCUT2D eigenvalue weighted by molar-refractivity contribution is 0.101.